The number of carbonyl (C=O) groups excluding carboxylic acids is 2. The van der Waals surface area contributed by atoms with E-state index in [2.05, 4.69) is 0 Å². The van der Waals surface area contributed by atoms with E-state index in [1.54, 1.807) is 30.3 Å². The highest BCUT2D eigenvalue weighted by molar-refractivity contribution is 5.95. The Kier molecular flexibility index (Phi) is 5.50. The molecule has 2 saturated heterocycles. The van der Waals surface area contributed by atoms with E-state index in [-0.39, 0.29) is 6.61 Å². The maximum Gasteiger partial charge on any atom is 0.339 e. The summed E-state index contributed by atoms with van der Waals surface area (Å²) >= 11 is 0. The molecule has 28 heavy (non-hydrogen) atoms. The average molecular weight is 384 g/mol. The zero-order valence-corrected chi connectivity index (χ0v) is 15.2. The van der Waals surface area contributed by atoms with Crippen molar-refractivity contribution in [1.29, 1.82) is 0 Å². The van der Waals surface area contributed by atoms with Crippen LogP contribution in [-0.2, 0) is 28.5 Å². The number of hydrogen-bond donors (Lipinski definition) is 0. The highest BCUT2D eigenvalue weighted by Crippen LogP contribution is 2.33. The molecule has 0 N–H and O–H groups in total. The zero-order valence-electron chi connectivity index (χ0n) is 15.2. The second kappa shape index (κ2) is 8.20. The van der Waals surface area contributed by atoms with E-state index in [4.69, 9.17) is 23.7 Å². The van der Waals surface area contributed by atoms with Gasteiger partial charge >= 0.3 is 5.97 Å². The lowest BCUT2D eigenvalue weighted by molar-refractivity contribution is -0.313. The van der Waals surface area contributed by atoms with Crippen molar-refractivity contribution in [2.24, 2.45) is 0 Å². The maximum atomic E-state index is 13.1. The predicted molar refractivity (Wildman–Crippen MR) is 96.3 cm³/mol. The number of esters is 1. The molecule has 2 unspecified atom stereocenters. The van der Waals surface area contributed by atoms with Crippen LogP contribution < -0.4 is 0 Å². The average Bonchev–Trinajstić information content (AvgIpc) is 2.76. The number of rotatable bonds is 4. The van der Waals surface area contributed by atoms with E-state index in [1.807, 2.05) is 30.3 Å². The molecule has 4 rings (SSSR count). The van der Waals surface area contributed by atoms with Crippen molar-refractivity contribution in [2.45, 2.75) is 30.9 Å². The van der Waals surface area contributed by atoms with Crippen LogP contribution in [0, 0.1) is 0 Å². The van der Waals surface area contributed by atoms with Crippen molar-refractivity contribution in [3.63, 3.8) is 0 Å². The fourth-order valence-electron chi connectivity index (χ4n) is 3.27. The van der Waals surface area contributed by atoms with Gasteiger partial charge in [-0.3, -0.25) is 4.79 Å². The minimum absolute atomic E-state index is 0.162. The predicted octanol–water partition coefficient (Wildman–Crippen LogP) is 2.27. The first-order valence-corrected chi connectivity index (χ1v) is 8.97. The molecular weight excluding hydrogens is 364 g/mol. The summed E-state index contributed by atoms with van der Waals surface area (Å²) in [6, 6.07) is 17.7. The van der Waals surface area contributed by atoms with Crippen LogP contribution in [-0.4, -0.2) is 50.1 Å². The van der Waals surface area contributed by atoms with Crippen LogP contribution in [0.5, 0.6) is 0 Å². The van der Waals surface area contributed by atoms with Crippen molar-refractivity contribution >= 4 is 11.8 Å². The monoisotopic (exact) mass is 384 g/mol. The highest BCUT2D eigenvalue weighted by Gasteiger charge is 2.51. The van der Waals surface area contributed by atoms with Crippen molar-refractivity contribution < 1.29 is 33.3 Å². The van der Waals surface area contributed by atoms with Gasteiger partial charge in [-0.05, 0) is 12.1 Å². The van der Waals surface area contributed by atoms with Gasteiger partial charge in [0.25, 0.3) is 0 Å². The van der Waals surface area contributed by atoms with Crippen LogP contribution >= 0.6 is 0 Å². The van der Waals surface area contributed by atoms with Gasteiger partial charge in [0.05, 0.1) is 12.2 Å². The first-order valence-electron chi connectivity index (χ1n) is 8.97. The number of carbonyl (C=O) groups is 2. The van der Waals surface area contributed by atoms with Crippen molar-refractivity contribution in [2.75, 3.05) is 13.7 Å². The summed E-state index contributed by atoms with van der Waals surface area (Å²) in [5.74, 6) is -1.04. The Morgan fingerprint density at radius 2 is 1.68 bits per heavy atom. The van der Waals surface area contributed by atoms with E-state index in [9.17, 15) is 9.59 Å². The van der Waals surface area contributed by atoms with Gasteiger partial charge in [-0.15, -0.1) is 0 Å². The van der Waals surface area contributed by atoms with Crippen molar-refractivity contribution in [1.82, 2.24) is 0 Å². The quantitative estimate of drug-likeness (QED) is 0.748. The van der Waals surface area contributed by atoms with E-state index < -0.39 is 42.6 Å². The Balaban J connectivity index is 1.51. The van der Waals surface area contributed by atoms with Crippen LogP contribution in [0.1, 0.15) is 22.2 Å². The SMILES string of the molecule is CO[C@H]1OC2CO[C@@H](c3ccccc3)OC2C(=O)[C@H]1OC(=O)c1ccccc1. The van der Waals surface area contributed by atoms with E-state index in [1.165, 1.54) is 7.11 Å². The lowest BCUT2D eigenvalue weighted by Gasteiger charge is -2.43. The minimum Gasteiger partial charge on any atom is -0.445 e. The second-order valence-electron chi connectivity index (χ2n) is 6.51. The molecule has 0 amide bonds. The van der Waals surface area contributed by atoms with Gasteiger partial charge in [-0.2, -0.15) is 0 Å². The number of ketones is 1. The Labute approximate surface area is 162 Å². The molecule has 0 spiro atoms. The molecule has 2 aromatic carbocycles. The Bertz CT molecular complexity index is 823. The Hall–Kier alpha value is -2.58. The third-order valence-electron chi connectivity index (χ3n) is 4.68. The van der Waals surface area contributed by atoms with Gasteiger partial charge in [0.1, 0.15) is 6.10 Å². The first kappa shape index (κ1) is 18.8. The molecule has 0 bridgehead atoms. The molecule has 2 aromatic rings. The summed E-state index contributed by atoms with van der Waals surface area (Å²) in [5.41, 5.74) is 1.13. The summed E-state index contributed by atoms with van der Waals surface area (Å²) in [6.45, 7) is 0.162. The van der Waals surface area contributed by atoms with E-state index in [0.717, 1.165) is 5.56 Å². The van der Waals surface area contributed by atoms with Crippen molar-refractivity contribution in [3.8, 4) is 0 Å². The standard InChI is InChI=1S/C21H20O7/c1-24-21-18(27-19(23)13-8-4-2-5-9-13)16(22)17-15(26-21)12-25-20(28-17)14-10-6-3-7-11-14/h2-11,15,17-18,20-21H,12H2,1H3/t15?,17?,18-,20-,21+/m1/s1. The molecular formula is C21H20O7. The molecule has 2 fully saturated rings. The van der Waals surface area contributed by atoms with E-state index in [0.29, 0.717) is 5.56 Å². The number of fused-ring (bicyclic) bond motifs is 1. The van der Waals surface area contributed by atoms with Gasteiger partial charge in [0.15, 0.2) is 12.4 Å². The summed E-state index contributed by atoms with van der Waals surface area (Å²) in [4.78, 5) is 25.5. The number of hydrogen-bond acceptors (Lipinski definition) is 7. The number of benzene rings is 2. The van der Waals surface area contributed by atoms with Gasteiger partial charge in [-0.1, -0.05) is 48.5 Å². The molecule has 2 aliphatic rings. The second-order valence-corrected chi connectivity index (χ2v) is 6.51. The van der Waals surface area contributed by atoms with Gasteiger partial charge in [0, 0.05) is 12.7 Å². The molecule has 2 heterocycles. The van der Waals surface area contributed by atoms with Crippen LogP contribution in [0.3, 0.4) is 0 Å². The third-order valence-corrected chi connectivity index (χ3v) is 4.68. The van der Waals surface area contributed by atoms with Crippen LogP contribution in [0.15, 0.2) is 60.7 Å². The maximum absolute atomic E-state index is 13.1. The van der Waals surface area contributed by atoms with Gasteiger partial charge in [-0.25, -0.2) is 4.79 Å². The number of ether oxygens (including phenoxy) is 5. The number of Topliss-reactive ketones (excluding diaryl/α,β-unsaturated/α-hetero) is 1. The molecule has 0 saturated carbocycles. The molecule has 7 nitrogen and oxygen atoms in total. The van der Waals surface area contributed by atoms with E-state index >= 15 is 0 Å². The Morgan fingerprint density at radius 1 is 1.00 bits per heavy atom. The number of methoxy groups -OCH3 is 1. The normalized spacial score (nSPS) is 29.8. The largest absolute Gasteiger partial charge is 0.445 e. The molecule has 0 radical (unpaired) electrons. The molecule has 5 atom stereocenters. The summed E-state index contributed by atoms with van der Waals surface area (Å²) in [7, 11) is 1.39. The summed E-state index contributed by atoms with van der Waals surface area (Å²) < 4.78 is 28.0. The highest BCUT2D eigenvalue weighted by atomic mass is 16.8. The molecule has 146 valence electrons. The van der Waals surface area contributed by atoms with Crippen LogP contribution in [0.25, 0.3) is 0 Å². The van der Waals surface area contributed by atoms with Gasteiger partial charge in [0.2, 0.25) is 18.2 Å². The van der Waals surface area contributed by atoms with Crippen LogP contribution in [0.2, 0.25) is 0 Å². The minimum atomic E-state index is -1.23. The molecule has 0 aliphatic carbocycles. The molecule has 2 aliphatic heterocycles. The summed E-state index contributed by atoms with van der Waals surface area (Å²) in [6.07, 6.45) is -4.50. The van der Waals surface area contributed by atoms with Crippen molar-refractivity contribution in [3.05, 3.63) is 71.8 Å². The smallest absolute Gasteiger partial charge is 0.339 e. The fourth-order valence-corrected chi connectivity index (χ4v) is 3.27. The van der Waals surface area contributed by atoms with Gasteiger partial charge < -0.3 is 23.7 Å². The fraction of sp³-hybridized carbons (Fsp3) is 0.333. The zero-order chi connectivity index (χ0) is 19.5. The van der Waals surface area contributed by atoms with Crippen LogP contribution in [0.4, 0.5) is 0 Å². The third kappa shape index (κ3) is 3.70. The lowest BCUT2D eigenvalue weighted by Crippen LogP contribution is -2.60. The topological polar surface area (TPSA) is 80.3 Å². The molecule has 7 heteroatoms. The Morgan fingerprint density at radius 3 is 2.36 bits per heavy atom. The lowest BCUT2D eigenvalue weighted by atomic mass is 9.99. The molecule has 0 aromatic heterocycles. The first-order chi connectivity index (χ1) is 13.7. The summed E-state index contributed by atoms with van der Waals surface area (Å²) in [5, 5.41) is 0.